The summed E-state index contributed by atoms with van der Waals surface area (Å²) in [6.07, 6.45) is -3.12. The zero-order valence-corrected chi connectivity index (χ0v) is 15.0. The minimum Gasteiger partial charge on any atom is -0.446 e. The molecule has 2 amide bonds. The molecule has 0 bridgehead atoms. The van der Waals surface area contributed by atoms with Gasteiger partial charge in [0.1, 0.15) is 5.60 Å². The molecular formula is C13H25N3O6S. The second kappa shape index (κ2) is 7.45. The SMILES string of the molecule is CC(C)OC(=O)N(C(=O)OC(C)(C)C)S(=O)(=O)N1CCNCC1. The molecule has 1 saturated heterocycles. The van der Waals surface area contributed by atoms with Gasteiger partial charge in [-0.15, -0.1) is 0 Å². The van der Waals surface area contributed by atoms with Crippen molar-refractivity contribution in [2.75, 3.05) is 26.2 Å². The molecule has 0 aliphatic carbocycles. The number of ether oxygens (including phenoxy) is 2. The maximum atomic E-state index is 12.7. The van der Waals surface area contributed by atoms with Crippen molar-refractivity contribution in [1.29, 1.82) is 0 Å². The van der Waals surface area contributed by atoms with E-state index in [9.17, 15) is 18.0 Å². The molecule has 0 spiro atoms. The van der Waals surface area contributed by atoms with Gasteiger partial charge in [-0.2, -0.15) is 12.7 Å². The Bertz CT molecular complexity index is 534. The summed E-state index contributed by atoms with van der Waals surface area (Å²) in [5, 5.41) is 3.00. The molecule has 0 aromatic carbocycles. The number of nitrogens with one attached hydrogen (secondary N) is 1. The molecule has 0 saturated carbocycles. The highest BCUT2D eigenvalue weighted by molar-refractivity contribution is 7.87. The third kappa shape index (κ3) is 5.63. The number of carbonyl (C=O) groups excluding carboxylic acids is 2. The Balaban J connectivity index is 3.11. The van der Waals surface area contributed by atoms with E-state index in [1.165, 1.54) is 0 Å². The molecule has 1 rings (SSSR count). The zero-order valence-electron chi connectivity index (χ0n) is 14.2. The van der Waals surface area contributed by atoms with Gasteiger partial charge in [-0.3, -0.25) is 0 Å². The summed E-state index contributed by atoms with van der Waals surface area (Å²) >= 11 is 0. The van der Waals surface area contributed by atoms with E-state index < -0.39 is 34.1 Å². The maximum absolute atomic E-state index is 12.7. The number of hydrogen-bond acceptors (Lipinski definition) is 7. The van der Waals surface area contributed by atoms with Crippen molar-refractivity contribution in [3.8, 4) is 0 Å². The predicted molar refractivity (Wildman–Crippen MR) is 83.1 cm³/mol. The number of rotatable bonds is 3. The Morgan fingerprint density at radius 2 is 1.65 bits per heavy atom. The van der Waals surface area contributed by atoms with Crippen LogP contribution in [0.2, 0.25) is 0 Å². The number of imide groups is 1. The summed E-state index contributed by atoms with van der Waals surface area (Å²) < 4.78 is 36.4. The van der Waals surface area contributed by atoms with Crippen LogP contribution in [0, 0.1) is 0 Å². The Kier molecular flexibility index (Phi) is 6.37. The fourth-order valence-electron chi connectivity index (χ4n) is 1.81. The molecule has 9 nitrogen and oxygen atoms in total. The lowest BCUT2D eigenvalue weighted by Crippen LogP contribution is -2.55. The molecule has 1 N–H and O–H groups in total. The molecule has 1 aliphatic heterocycles. The number of nitrogens with zero attached hydrogens (tertiary/aromatic N) is 2. The lowest BCUT2D eigenvalue weighted by Gasteiger charge is -2.32. The first-order valence-electron chi connectivity index (χ1n) is 7.40. The highest BCUT2D eigenvalue weighted by Crippen LogP contribution is 2.17. The lowest BCUT2D eigenvalue weighted by atomic mass is 10.2. The van der Waals surface area contributed by atoms with Gasteiger partial charge in [0.15, 0.2) is 0 Å². The second-order valence-corrected chi connectivity index (χ2v) is 8.11. The Morgan fingerprint density at radius 3 is 2.09 bits per heavy atom. The highest BCUT2D eigenvalue weighted by Gasteiger charge is 2.43. The van der Waals surface area contributed by atoms with Crippen molar-refractivity contribution < 1.29 is 27.5 Å². The molecule has 0 unspecified atom stereocenters. The number of hydrogen-bond donors (Lipinski definition) is 1. The van der Waals surface area contributed by atoms with Gasteiger partial charge >= 0.3 is 22.4 Å². The summed E-state index contributed by atoms with van der Waals surface area (Å²) in [5.74, 6) is 0. The number of amides is 2. The average Bonchev–Trinajstić information content (AvgIpc) is 2.36. The van der Waals surface area contributed by atoms with Gasteiger partial charge in [0.05, 0.1) is 6.10 Å². The van der Waals surface area contributed by atoms with E-state index in [2.05, 4.69) is 5.32 Å². The van der Waals surface area contributed by atoms with E-state index in [0.29, 0.717) is 13.1 Å². The van der Waals surface area contributed by atoms with Crippen molar-refractivity contribution in [3.63, 3.8) is 0 Å². The first-order chi connectivity index (χ1) is 10.4. The Hall–Kier alpha value is -1.39. The molecule has 0 radical (unpaired) electrons. The van der Waals surface area contributed by atoms with E-state index in [0.717, 1.165) is 4.31 Å². The van der Waals surface area contributed by atoms with Crippen molar-refractivity contribution in [2.45, 2.75) is 46.3 Å². The van der Waals surface area contributed by atoms with Crippen molar-refractivity contribution in [2.24, 2.45) is 0 Å². The smallest absolute Gasteiger partial charge is 0.435 e. The van der Waals surface area contributed by atoms with Gasteiger partial charge < -0.3 is 14.8 Å². The number of carbonyl (C=O) groups is 2. The van der Waals surface area contributed by atoms with Crippen LogP contribution in [0.25, 0.3) is 0 Å². The normalized spacial score (nSPS) is 17.0. The van der Waals surface area contributed by atoms with Gasteiger partial charge in [-0.05, 0) is 34.6 Å². The monoisotopic (exact) mass is 351 g/mol. The van der Waals surface area contributed by atoms with Crippen LogP contribution in [0.1, 0.15) is 34.6 Å². The molecule has 0 aromatic heterocycles. The summed E-state index contributed by atoms with van der Waals surface area (Å²) in [5.41, 5.74) is -0.952. The highest BCUT2D eigenvalue weighted by atomic mass is 32.2. The standard InChI is InChI=1S/C13H25N3O6S/c1-10(2)21-11(17)16(12(18)22-13(3,4)5)23(19,20)15-8-6-14-7-9-15/h10,14H,6-9H2,1-5H3. The fourth-order valence-corrected chi connectivity index (χ4v) is 3.14. The van der Waals surface area contributed by atoms with Crippen molar-refractivity contribution in [1.82, 2.24) is 13.9 Å². The first kappa shape index (κ1) is 19.7. The zero-order chi connectivity index (χ0) is 17.8. The van der Waals surface area contributed by atoms with Gasteiger partial charge in [0.25, 0.3) is 0 Å². The molecule has 10 heteroatoms. The third-order valence-electron chi connectivity index (χ3n) is 2.69. The van der Waals surface area contributed by atoms with E-state index in [-0.39, 0.29) is 17.4 Å². The van der Waals surface area contributed by atoms with E-state index in [4.69, 9.17) is 9.47 Å². The molecule has 0 aromatic rings. The van der Waals surface area contributed by atoms with Crippen LogP contribution in [-0.2, 0) is 19.7 Å². The predicted octanol–water partition coefficient (Wildman–Crippen LogP) is 0.919. The quantitative estimate of drug-likeness (QED) is 0.806. The van der Waals surface area contributed by atoms with E-state index >= 15 is 0 Å². The molecule has 1 fully saturated rings. The van der Waals surface area contributed by atoms with Crippen LogP contribution in [-0.4, -0.2) is 67.1 Å². The van der Waals surface area contributed by atoms with Crippen LogP contribution < -0.4 is 5.32 Å². The molecule has 0 atom stereocenters. The largest absolute Gasteiger partial charge is 0.446 e. The second-order valence-electron chi connectivity index (χ2n) is 6.33. The summed E-state index contributed by atoms with van der Waals surface area (Å²) in [6.45, 7) is 9.01. The molecular weight excluding hydrogens is 326 g/mol. The van der Waals surface area contributed by atoms with Gasteiger partial charge in [0.2, 0.25) is 0 Å². The van der Waals surface area contributed by atoms with Gasteiger partial charge in [-0.1, -0.05) is 4.31 Å². The summed E-state index contributed by atoms with van der Waals surface area (Å²) in [6, 6.07) is 0. The van der Waals surface area contributed by atoms with Crippen LogP contribution in [0.15, 0.2) is 0 Å². The Morgan fingerprint density at radius 1 is 1.13 bits per heavy atom. The first-order valence-corrected chi connectivity index (χ1v) is 8.79. The maximum Gasteiger partial charge on any atom is 0.435 e. The fraction of sp³-hybridized carbons (Fsp3) is 0.846. The van der Waals surface area contributed by atoms with Crippen LogP contribution in [0.4, 0.5) is 9.59 Å². The molecule has 1 heterocycles. The average molecular weight is 351 g/mol. The molecule has 1 aliphatic rings. The summed E-state index contributed by atoms with van der Waals surface area (Å²) in [7, 11) is -4.36. The van der Waals surface area contributed by atoms with Gasteiger partial charge in [-0.25, -0.2) is 9.59 Å². The summed E-state index contributed by atoms with van der Waals surface area (Å²) in [4.78, 5) is 24.4. The lowest BCUT2D eigenvalue weighted by molar-refractivity contribution is 0.0320. The van der Waals surface area contributed by atoms with E-state index in [1.807, 2.05) is 0 Å². The number of piperazine rings is 1. The van der Waals surface area contributed by atoms with E-state index in [1.54, 1.807) is 34.6 Å². The van der Waals surface area contributed by atoms with Crippen LogP contribution in [0.5, 0.6) is 0 Å². The minimum absolute atomic E-state index is 0.0591. The Labute approximate surface area is 137 Å². The van der Waals surface area contributed by atoms with Crippen LogP contribution >= 0.6 is 0 Å². The van der Waals surface area contributed by atoms with Crippen molar-refractivity contribution in [3.05, 3.63) is 0 Å². The molecule has 23 heavy (non-hydrogen) atoms. The molecule has 134 valence electrons. The van der Waals surface area contributed by atoms with Gasteiger partial charge in [0, 0.05) is 26.2 Å². The van der Waals surface area contributed by atoms with Crippen LogP contribution in [0.3, 0.4) is 0 Å². The topological polar surface area (TPSA) is 105 Å². The minimum atomic E-state index is -4.36. The van der Waals surface area contributed by atoms with Crippen molar-refractivity contribution >= 4 is 22.4 Å². The third-order valence-corrected chi connectivity index (χ3v) is 4.47.